The molecule has 1 fully saturated rings. The first-order chi connectivity index (χ1) is 6.47. The molecule has 0 spiro atoms. The lowest BCUT2D eigenvalue weighted by Gasteiger charge is -2.35. The molecule has 0 aromatic rings. The van der Waals surface area contributed by atoms with E-state index >= 15 is 0 Å². The molecule has 0 atom stereocenters. The second-order valence-electron chi connectivity index (χ2n) is 3.98. The third kappa shape index (κ3) is 3.93. The highest BCUT2D eigenvalue weighted by Gasteiger charge is 2.34. The van der Waals surface area contributed by atoms with E-state index in [1.807, 2.05) is 0 Å². The van der Waals surface area contributed by atoms with Crippen molar-refractivity contribution in [1.29, 1.82) is 0 Å². The monoisotopic (exact) mass is 240 g/mol. The van der Waals surface area contributed by atoms with Gasteiger partial charge in [-0.05, 0) is 11.8 Å². The van der Waals surface area contributed by atoms with E-state index < -0.39 is 6.72 Å². The van der Waals surface area contributed by atoms with Crippen LogP contribution in [0.1, 0.15) is 13.8 Å². The molecule has 4 nitrogen and oxygen atoms in total. The van der Waals surface area contributed by atoms with Crippen molar-refractivity contribution in [2.24, 2.45) is 5.41 Å². The van der Waals surface area contributed by atoms with Crippen molar-refractivity contribution in [3.63, 3.8) is 0 Å². The summed E-state index contributed by atoms with van der Waals surface area (Å²) in [5.41, 5.74) is 0.0346. The van der Waals surface area contributed by atoms with Crippen molar-refractivity contribution in [3.8, 4) is 0 Å². The summed E-state index contributed by atoms with van der Waals surface area (Å²) in [7, 11) is 1.61. The number of methoxy groups -OCH3 is 1. The highest BCUT2D eigenvalue weighted by Crippen LogP contribution is 2.54. The molecule has 0 saturated carbocycles. The predicted octanol–water partition coefficient (Wildman–Crippen LogP) is 1.95. The highest BCUT2D eigenvalue weighted by atomic mass is 32.5. The number of rotatable bonds is 4. The summed E-state index contributed by atoms with van der Waals surface area (Å²) < 4.78 is 21.1. The lowest BCUT2D eigenvalue weighted by atomic mass is 9.97. The van der Waals surface area contributed by atoms with Crippen molar-refractivity contribution in [2.45, 2.75) is 13.8 Å². The molecular formula is C8H17O4PS. The van der Waals surface area contributed by atoms with E-state index in [9.17, 15) is 0 Å². The van der Waals surface area contributed by atoms with Crippen LogP contribution in [0.15, 0.2) is 0 Å². The second kappa shape index (κ2) is 5.01. The van der Waals surface area contributed by atoms with Crippen molar-refractivity contribution in [1.82, 2.24) is 0 Å². The van der Waals surface area contributed by atoms with E-state index in [-0.39, 0.29) is 5.41 Å². The van der Waals surface area contributed by atoms with Crippen molar-refractivity contribution < 1.29 is 18.3 Å². The number of hydrogen-bond acceptors (Lipinski definition) is 5. The van der Waals surface area contributed by atoms with Gasteiger partial charge in [-0.3, -0.25) is 0 Å². The summed E-state index contributed by atoms with van der Waals surface area (Å²) in [5, 5.41) is 0. The summed E-state index contributed by atoms with van der Waals surface area (Å²) in [6, 6.07) is 0. The first-order valence-corrected chi connectivity index (χ1v) is 7.06. The number of ether oxygens (including phenoxy) is 1. The fraction of sp³-hybridized carbons (Fsp3) is 1.00. The van der Waals surface area contributed by atoms with Crippen LogP contribution in [0.2, 0.25) is 0 Å². The normalized spacial score (nSPS) is 24.8. The van der Waals surface area contributed by atoms with E-state index in [2.05, 4.69) is 13.8 Å². The zero-order valence-electron chi connectivity index (χ0n) is 8.82. The highest BCUT2D eigenvalue weighted by molar-refractivity contribution is 8.07. The lowest BCUT2D eigenvalue weighted by Crippen LogP contribution is -2.30. The van der Waals surface area contributed by atoms with Crippen molar-refractivity contribution in [3.05, 3.63) is 0 Å². The smallest absolute Gasteiger partial charge is 0.327 e. The van der Waals surface area contributed by atoms with E-state index in [1.54, 1.807) is 7.11 Å². The SMILES string of the molecule is COCCOP1(=S)OCC(C)(C)CO1. The maximum absolute atomic E-state index is 5.45. The summed E-state index contributed by atoms with van der Waals surface area (Å²) in [6.07, 6.45) is 0. The van der Waals surface area contributed by atoms with Gasteiger partial charge in [-0.1, -0.05) is 13.8 Å². The van der Waals surface area contributed by atoms with Gasteiger partial charge in [-0.2, -0.15) is 0 Å². The lowest BCUT2D eigenvalue weighted by molar-refractivity contribution is 0.0194. The zero-order valence-corrected chi connectivity index (χ0v) is 10.5. The Kier molecular flexibility index (Phi) is 4.50. The Balaban J connectivity index is 2.34. The molecule has 0 aromatic heterocycles. The summed E-state index contributed by atoms with van der Waals surface area (Å²) in [5.74, 6) is 0. The van der Waals surface area contributed by atoms with Crippen LogP contribution in [0, 0.1) is 5.41 Å². The molecule has 1 aliphatic rings. The van der Waals surface area contributed by atoms with E-state index in [1.165, 1.54) is 0 Å². The molecule has 0 unspecified atom stereocenters. The Bertz CT molecular complexity index is 217. The number of hydrogen-bond donors (Lipinski definition) is 0. The maximum atomic E-state index is 5.45. The first-order valence-electron chi connectivity index (χ1n) is 4.50. The van der Waals surface area contributed by atoms with Gasteiger partial charge in [-0.15, -0.1) is 0 Å². The Morgan fingerprint density at radius 1 is 1.29 bits per heavy atom. The van der Waals surface area contributed by atoms with Gasteiger partial charge < -0.3 is 18.3 Å². The van der Waals surface area contributed by atoms with Gasteiger partial charge >= 0.3 is 6.72 Å². The van der Waals surface area contributed by atoms with Gasteiger partial charge in [0.15, 0.2) is 0 Å². The van der Waals surface area contributed by atoms with Gasteiger partial charge in [-0.25, -0.2) is 0 Å². The van der Waals surface area contributed by atoms with Crippen molar-refractivity contribution in [2.75, 3.05) is 33.5 Å². The van der Waals surface area contributed by atoms with Crippen LogP contribution in [0.25, 0.3) is 0 Å². The summed E-state index contributed by atoms with van der Waals surface area (Å²) >= 11 is 5.16. The molecular weight excluding hydrogens is 223 g/mol. The molecule has 0 aromatic carbocycles. The fourth-order valence-corrected chi connectivity index (χ4v) is 2.97. The topological polar surface area (TPSA) is 36.9 Å². The molecule has 0 aliphatic carbocycles. The molecule has 84 valence electrons. The quantitative estimate of drug-likeness (QED) is 0.554. The third-order valence-corrected chi connectivity index (χ3v) is 4.10. The molecule has 0 bridgehead atoms. The molecule has 1 saturated heterocycles. The molecule has 14 heavy (non-hydrogen) atoms. The van der Waals surface area contributed by atoms with Crippen LogP contribution in [0.3, 0.4) is 0 Å². The molecule has 1 heterocycles. The van der Waals surface area contributed by atoms with E-state index in [0.717, 1.165) is 0 Å². The zero-order chi connectivity index (χ0) is 10.7. The Hall–Kier alpha value is 0.490. The van der Waals surface area contributed by atoms with Gasteiger partial charge in [0.05, 0.1) is 26.4 Å². The minimum atomic E-state index is -2.47. The van der Waals surface area contributed by atoms with Gasteiger partial charge in [0.2, 0.25) is 0 Å². The van der Waals surface area contributed by atoms with Crippen LogP contribution in [-0.4, -0.2) is 33.5 Å². The average molecular weight is 240 g/mol. The standard InChI is InChI=1S/C8H17O4PS/c1-8(2)6-11-13(14,12-7-8)10-5-4-9-3/h4-7H2,1-3H3. The van der Waals surface area contributed by atoms with Crippen LogP contribution in [0.4, 0.5) is 0 Å². The Morgan fingerprint density at radius 2 is 1.86 bits per heavy atom. The Labute approximate surface area is 90.1 Å². The minimum absolute atomic E-state index is 0.0346. The molecule has 1 aliphatic heterocycles. The second-order valence-corrected chi connectivity index (χ2v) is 6.99. The van der Waals surface area contributed by atoms with Gasteiger partial charge in [0.1, 0.15) is 0 Å². The van der Waals surface area contributed by atoms with Gasteiger partial charge in [0.25, 0.3) is 0 Å². The maximum Gasteiger partial charge on any atom is 0.327 e. The largest absolute Gasteiger partial charge is 0.382 e. The van der Waals surface area contributed by atoms with Crippen LogP contribution in [0.5, 0.6) is 0 Å². The average Bonchev–Trinajstić information content (AvgIpc) is 2.12. The fourth-order valence-electron chi connectivity index (χ4n) is 0.893. The van der Waals surface area contributed by atoms with E-state index in [0.29, 0.717) is 26.4 Å². The van der Waals surface area contributed by atoms with Gasteiger partial charge in [0, 0.05) is 12.5 Å². The summed E-state index contributed by atoms with van der Waals surface area (Å²) in [4.78, 5) is 0. The Morgan fingerprint density at radius 3 is 2.36 bits per heavy atom. The molecule has 6 heteroatoms. The summed E-state index contributed by atoms with van der Waals surface area (Å²) in [6.45, 7) is 3.79. The van der Waals surface area contributed by atoms with E-state index in [4.69, 9.17) is 30.1 Å². The molecule has 1 rings (SSSR count). The molecule has 0 N–H and O–H groups in total. The van der Waals surface area contributed by atoms with Crippen LogP contribution < -0.4 is 0 Å². The predicted molar refractivity (Wildman–Crippen MR) is 57.8 cm³/mol. The first kappa shape index (κ1) is 12.6. The van der Waals surface area contributed by atoms with Crippen LogP contribution >= 0.6 is 6.72 Å². The van der Waals surface area contributed by atoms with Crippen molar-refractivity contribution >= 4 is 18.5 Å². The molecule has 0 radical (unpaired) electrons. The minimum Gasteiger partial charge on any atom is -0.382 e. The molecule has 0 amide bonds. The third-order valence-electron chi connectivity index (χ3n) is 1.76. The van der Waals surface area contributed by atoms with Crippen LogP contribution in [-0.2, 0) is 30.1 Å².